The minimum absolute atomic E-state index is 0.109. The Hall–Kier alpha value is -1.88. The zero-order valence-electron chi connectivity index (χ0n) is 10.4. The maximum atomic E-state index is 11.5. The number of nitrogens with zero attached hydrogens (tertiary/aromatic N) is 2. The largest absolute Gasteiger partial charge is 0.352 e. The molecule has 0 atom stereocenters. The van der Waals surface area contributed by atoms with Crippen LogP contribution in [-0.2, 0) is 4.79 Å². The molecule has 94 valence electrons. The number of fused-ring (bicyclic) bond motifs is 2. The molecule has 0 unspecified atom stereocenters. The van der Waals surface area contributed by atoms with Crippen molar-refractivity contribution < 1.29 is 4.79 Å². The van der Waals surface area contributed by atoms with E-state index in [1.54, 1.807) is 6.20 Å². The number of anilines is 1. The van der Waals surface area contributed by atoms with Crippen molar-refractivity contribution >= 4 is 17.3 Å². The molecule has 2 aliphatic rings. The lowest BCUT2D eigenvalue weighted by molar-refractivity contribution is -0.120. The summed E-state index contributed by atoms with van der Waals surface area (Å²) >= 11 is 0. The van der Waals surface area contributed by atoms with Crippen LogP contribution in [0.5, 0.6) is 0 Å². The van der Waals surface area contributed by atoms with Crippen molar-refractivity contribution in [3.63, 3.8) is 0 Å². The van der Waals surface area contributed by atoms with Crippen LogP contribution in [0, 0.1) is 0 Å². The summed E-state index contributed by atoms with van der Waals surface area (Å²) in [6.45, 7) is 4.25. The Morgan fingerprint density at radius 3 is 3.28 bits per heavy atom. The minimum atomic E-state index is 0.109. The van der Waals surface area contributed by atoms with Crippen LogP contribution in [0.25, 0.3) is 5.57 Å². The topological polar surface area (TPSA) is 57.3 Å². The van der Waals surface area contributed by atoms with Crippen LogP contribution in [-0.4, -0.2) is 30.5 Å². The smallest absolute Gasteiger partial charge is 0.224 e. The van der Waals surface area contributed by atoms with Gasteiger partial charge >= 0.3 is 0 Å². The van der Waals surface area contributed by atoms with Crippen molar-refractivity contribution in [3.8, 4) is 0 Å². The lowest BCUT2D eigenvalue weighted by Gasteiger charge is -2.35. The molecule has 1 aromatic rings. The van der Waals surface area contributed by atoms with Crippen LogP contribution in [0.3, 0.4) is 0 Å². The number of pyridine rings is 1. The molecular formula is C13H16N4O. The van der Waals surface area contributed by atoms with Crippen LogP contribution >= 0.6 is 0 Å². The molecule has 3 heterocycles. The molecule has 1 aromatic heterocycles. The summed E-state index contributed by atoms with van der Waals surface area (Å²) in [5.41, 5.74) is 6.84. The molecule has 0 aromatic carbocycles. The maximum absolute atomic E-state index is 11.5. The fourth-order valence-electron chi connectivity index (χ4n) is 2.55. The highest BCUT2D eigenvalue weighted by Gasteiger charge is 2.28. The van der Waals surface area contributed by atoms with E-state index in [1.165, 1.54) is 11.1 Å². The van der Waals surface area contributed by atoms with E-state index in [4.69, 9.17) is 0 Å². The summed E-state index contributed by atoms with van der Waals surface area (Å²) in [6.07, 6.45) is 2.29. The van der Waals surface area contributed by atoms with Crippen molar-refractivity contribution in [2.24, 2.45) is 0 Å². The third kappa shape index (κ3) is 1.76. The third-order valence-electron chi connectivity index (χ3n) is 3.33. The fourth-order valence-corrected chi connectivity index (χ4v) is 2.55. The second-order valence-electron chi connectivity index (χ2n) is 4.51. The van der Waals surface area contributed by atoms with E-state index in [0.717, 1.165) is 24.5 Å². The molecule has 0 spiro atoms. The molecule has 0 bridgehead atoms. The SMILES string of the molecule is CCNN1CC2=C(CNC(=O)C2)c2cccnc21. The average Bonchev–Trinajstić information content (AvgIpc) is 2.39. The van der Waals surface area contributed by atoms with E-state index in [2.05, 4.69) is 28.7 Å². The van der Waals surface area contributed by atoms with E-state index in [9.17, 15) is 4.79 Å². The van der Waals surface area contributed by atoms with Gasteiger partial charge in [0.05, 0.1) is 13.0 Å². The highest BCUT2D eigenvalue weighted by Crippen LogP contribution is 2.34. The molecule has 3 rings (SSSR count). The second kappa shape index (κ2) is 4.42. The van der Waals surface area contributed by atoms with E-state index in [0.29, 0.717) is 13.0 Å². The van der Waals surface area contributed by atoms with Crippen molar-refractivity contribution in [3.05, 3.63) is 29.5 Å². The standard InChI is InChI=1S/C13H16N4O/c1-2-16-17-8-9-6-12(18)15-7-11(9)10-4-3-5-14-13(10)17/h3-5,16H,2,6-8H2,1H3,(H,15,18). The summed E-state index contributed by atoms with van der Waals surface area (Å²) < 4.78 is 0. The number of carbonyl (C=O) groups is 1. The van der Waals surface area contributed by atoms with Gasteiger partial charge in [0.15, 0.2) is 5.82 Å². The summed E-state index contributed by atoms with van der Waals surface area (Å²) in [5, 5.41) is 4.94. The summed E-state index contributed by atoms with van der Waals surface area (Å²) in [7, 11) is 0. The number of nitrogens with one attached hydrogen (secondary N) is 2. The summed E-state index contributed by atoms with van der Waals surface area (Å²) in [6, 6.07) is 4.01. The van der Waals surface area contributed by atoms with Gasteiger partial charge in [-0.3, -0.25) is 9.80 Å². The second-order valence-corrected chi connectivity index (χ2v) is 4.51. The van der Waals surface area contributed by atoms with Gasteiger partial charge in [-0.15, -0.1) is 0 Å². The van der Waals surface area contributed by atoms with Gasteiger partial charge in [-0.2, -0.15) is 0 Å². The fraction of sp³-hybridized carbons (Fsp3) is 0.385. The molecule has 0 fully saturated rings. The van der Waals surface area contributed by atoms with Gasteiger partial charge in [0.2, 0.25) is 5.91 Å². The molecule has 0 saturated heterocycles. The third-order valence-corrected chi connectivity index (χ3v) is 3.33. The van der Waals surface area contributed by atoms with Crippen molar-refractivity contribution in [2.45, 2.75) is 13.3 Å². The predicted molar refractivity (Wildman–Crippen MR) is 69.8 cm³/mol. The van der Waals surface area contributed by atoms with Gasteiger partial charge < -0.3 is 5.32 Å². The summed E-state index contributed by atoms with van der Waals surface area (Å²) in [5.74, 6) is 1.06. The molecule has 0 saturated carbocycles. The normalized spacial score (nSPS) is 18.3. The lowest BCUT2D eigenvalue weighted by atomic mass is 9.92. The zero-order valence-corrected chi connectivity index (χ0v) is 10.4. The monoisotopic (exact) mass is 244 g/mol. The van der Waals surface area contributed by atoms with Crippen LogP contribution in [0.2, 0.25) is 0 Å². The first-order valence-corrected chi connectivity index (χ1v) is 6.23. The zero-order chi connectivity index (χ0) is 12.5. The van der Waals surface area contributed by atoms with E-state index >= 15 is 0 Å². The number of amides is 1. The molecule has 5 nitrogen and oxygen atoms in total. The van der Waals surface area contributed by atoms with Crippen LogP contribution < -0.4 is 15.8 Å². The molecule has 0 aliphatic carbocycles. The number of hydrogen-bond donors (Lipinski definition) is 2. The number of hydrazine groups is 1. The number of aromatic nitrogens is 1. The van der Waals surface area contributed by atoms with Crippen molar-refractivity contribution in [1.82, 2.24) is 15.7 Å². The molecule has 0 radical (unpaired) electrons. The first-order chi connectivity index (χ1) is 8.79. The van der Waals surface area contributed by atoms with Crippen LogP contribution in [0.1, 0.15) is 18.9 Å². The quantitative estimate of drug-likeness (QED) is 0.804. The van der Waals surface area contributed by atoms with Crippen molar-refractivity contribution in [1.29, 1.82) is 0 Å². The summed E-state index contributed by atoms with van der Waals surface area (Å²) in [4.78, 5) is 15.9. The van der Waals surface area contributed by atoms with Crippen LogP contribution in [0.15, 0.2) is 23.9 Å². The van der Waals surface area contributed by atoms with Gasteiger partial charge in [0.25, 0.3) is 0 Å². The van der Waals surface area contributed by atoms with E-state index in [-0.39, 0.29) is 5.91 Å². The number of carbonyl (C=O) groups excluding carboxylic acids is 1. The molecule has 2 aliphatic heterocycles. The Bertz CT molecular complexity index is 523. The van der Waals surface area contributed by atoms with Crippen LogP contribution in [0.4, 0.5) is 5.82 Å². The first-order valence-electron chi connectivity index (χ1n) is 6.23. The van der Waals surface area contributed by atoms with Gasteiger partial charge in [-0.05, 0) is 23.3 Å². The Morgan fingerprint density at radius 1 is 1.56 bits per heavy atom. The van der Waals surface area contributed by atoms with Gasteiger partial charge in [0.1, 0.15) is 0 Å². The molecule has 18 heavy (non-hydrogen) atoms. The average molecular weight is 244 g/mol. The Morgan fingerprint density at radius 2 is 2.44 bits per heavy atom. The Balaban J connectivity index is 2.06. The number of rotatable bonds is 2. The molecule has 5 heteroatoms. The Kier molecular flexibility index (Phi) is 2.76. The van der Waals surface area contributed by atoms with E-state index < -0.39 is 0 Å². The molecular weight excluding hydrogens is 228 g/mol. The van der Waals surface area contributed by atoms with Gasteiger partial charge in [-0.1, -0.05) is 6.92 Å². The highest BCUT2D eigenvalue weighted by atomic mass is 16.1. The molecule has 2 N–H and O–H groups in total. The predicted octanol–water partition coefficient (Wildman–Crippen LogP) is 0.700. The minimum Gasteiger partial charge on any atom is -0.352 e. The Labute approximate surface area is 106 Å². The first kappa shape index (κ1) is 11.2. The molecule has 1 amide bonds. The number of hydrogen-bond acceptors (Lipinski definition) is 4. The van der Waals surface area contributed by atoms with Gasteiger partial charge in [0, 0.05) is 24.8 Å². The van der Waals surface area contributed by atoms with Gasteiger partial charge in [-0.25, -0.2) is 10.4 Å². The highest BCUT2D eigenvalue weighted by molar-refractivity contribution is 5.91. The lowest BCUT2D eigenvalue weighted by Crippen LogP contribution is -2.45. The van der Waals surface area contributed by atoms with Crippen molar-refractivity contribution in [2.75, 3.05) is 24.6 Å². The van der Waals surface area contributed by atoms with E-state index in [1.807, 2.05) is 11.1 Å². The maximum Gasteiger partial charge on any atom is 0.224 e.